The first-order valence-corrected chi connectivity index (χ1v) is 8.22. The SMILES string of the molecule is COC(=O)c1cc(Cl)c(N[C@@H]2COc3c(cccc3OC)C2)nc1C. The maximum Gasteiger partial charge on any atom is 0.339 e. The molecule has 1 N–H and O–H groups in total. The van der Waals surface area contributed by atoms with Crippen molar-refractivity contribution in [2.24, 2.45) is 0 Å². The van der Waals surface area contributed by atoms with Crippen molar-refractivity contribution in [3.63, 3.8) is 0 Å². The summed E-state index contributed by atoms with van der Waals surface area (Å²) in [7, 11) is 2.95. The highest BCUT2D eigenvalue weighted by Crippen LogP contribution is 2.35. The first-order valence-electron chi connectivity index (χ1n) is 7.84. The topological polar surface area (TPSA) is 69.7 Å². The Balaban J connectivity index is 1.79. The van der Waals surface area contributed by atoms with E-state index in [9.17, 15) is 4.79 Å². The van der Waals surface area contributed by atoms with Gasteiger partial charge in [0.05, 0.1) is 36.5 Å². The number of rotatable bonds is 4. The Morgan fingerprint density at radius 1 is 1.40 bits per heavy atom. The van der Waals surface area contributed by atoms with Crippen molar-refractivity contribution in [2.75, 3.05) is 26.1 Å². The van der Waals surface area contributed by atoms with E-state index >= 15 is 0 Å². The van der Waals surface area contributed by atoms with Gasteiger partial charge in [0.25, 0.3) is 0 Å². The minimum atomic E-state index is -0.458. The molecule has 0 unspecified atom stereocenters. The first-order chi connectivity index (χ1) is 12.0. The van der Waals surface area contributed by atoms with Gasteiger partial charge in [0.1, 0.15) is 12.4 Å². The van der Waals surface area contributed by atoms with Gasteiger partial charge in [0.15, 0.2) is 11.5 Å². The van der Waals surface area contributed by atoms with E-state index in [0.717, 1.165) is 23.5 Å². The molecule has 0 bridgehead atoms. The second-order valence-electron chi connectivity index (χ2n) is 5.75. The van der Waals surface area contributed by atoms with Crippen molar-refractivity contribution in [3.8, 4) is 11.5 Å². The van der Waals surface area contributed by atoms with E-state index in [0.29, 0.717) is 28.7 Å². The molecule has 1 aromatic heterocycles. The smallest absolute Gasteiger partial charge is 0.339 e. The van der Waals surface area contributed by atoms with Crippen LogP contribution < -0.4 is 14.8 Å². The fourth-order valence-corrected chi connectivity index (χ4v) is 3.05. The molecule has 0 saturated heterocycles. The van der Waals surface area contributed by atoms with Crippen LogP contribution in [0.25, 0.3) is 0 Å². The molecule has 132 valence electrons. The number of carbonyl (C=O) groups is 1. The van der Waals surface area contributed by atoms with E-state index in [1.807, 2.05) is 18.2 Å². The number of esters is 1. The third kappa shape index (κ3) is 3.49. The Morgan fingerprint density at radius 3 is 2.92 bits per heavy atom. The van der Waals surface area contributed by atoms with E-state index < -0.39 is 5.97 Å². The molecule has 0 radical (unpaired) electrons. The van der Waals surface area contributed by atoms with Gasteiger partial charge >= 0.3 is 5.97 Å². The molecular formula is C18H19ClN2O4. The summed E-state index contributed by atoms with van der Waals surface area (Å²) in [6.45, 7) is 2.20. The number of hydrogen-bond donors (Lipinski definition) is 1. The van der Waals surface area contributed by atoms with Crippen LogP contribution in [-0.2, 0) is 11.2 Å². The zero-order valence-electron chi connectivity index (χ0n) is 14.3. The number of aryl methyl sites for hydroxylation is 1. The van der Waals surface area contributed by atoms with Crippen LogP contribution in [0.4, 0.5) is 5.82 Å². The molecule has 0 saturated carbocycles. The molecule has 1 atom stereocenters. The molecule has 3 rings (SSSR count). The molecule has 2 heterocycles. The summed E-state index contributed by atoms with van der Waals surface area (Å²) in [5.41, 5.74) is 1.97. The molecule has 2 aromatic rings. The van der Waals surface area contributed by atoms with Gasteiger partial charge in [0, 0.05) is 5.56 Å². The van der Waals surface area contributed by atoms with Crippen molar-refractivity contribution in [2.45, 2.75) is 19.4 Å². The molecule has 25 heavy (non-hydrogen) atoms. The summed E-state index contributed by atoms with van der Waals surface area (Å²) < 4.78 is 15.9. The van der Waals surface area contributed by atoms with Crippen LogP contribution in [0.2, 0.25) is 5.02 Å². The molecule has 0 amide bonds. The van der Waals surface area contributed by atoms with Crippen molar-refractivity contribution in [1.29, 1.82) is 0 Å². The highest BCUT2D eigenvalue weighted by Gasteiger charge is 2.24. The quantitative estimate of drug-likeness (QED) is 0.842. The zero-order valence-corrected chi connectivity index (χ0v) is 15.0. The van der Waals surface area contributed by atoms with E-state index in [1.165, 1.54) is 7.11 Å². The number of para-hydroxylation sites is 1. The van der Waals surface area contributed by atoms with E-state index in [1.54, 1.807) is 20.1 Å². The van der Waals surface area contributed by atoms with Crippen molar-refractivity contribution < 1.29 is 19.0 Å². The lowest BCUT2D eigenvalue weighted by Gasteiger charge is -2.28. The van der Waals surface area contributed by atoms with Crippen molar-refractivity contribution >= 4 is 23.4 Å². The van der Waals surface area contributed by atoms with Gasteiger partial charge in [-0.15, -0.1) is 0 Å². The van der Waals surface area contributed by atoms with Gasteiger partial charge in [-0.05, 0) is 25.5 Å². The highest BCUT2D eigenvalue weighted by molar-refractivity contribution is 6.33. The number of carbonyl (C=O) groups excluding carboxylic acids is 1. The Bertz CT molecular complexity index is 810. The third-order valence-corrected chi connectivity index (χ3v) is 4.38. The fraction of sp³-hybridized carbons (Fsp3) is 0.333. The summed E-state index contributed by atoms with van der Waals surface area (Å²) in [6, 6.07) is 7.39. The van der Waals surface area contributed by atoms with Crippen LogP contribution in [0.1, 0.15) is 21.6 Å². The predicted octanol–water partition coefficient (Wildman–Crippen LogP) is 3.25. The molecule has 1 aliphatic heterocycles. The van der Waals surface area contributed by atoms with Gasteiger partial charge in [-0.2, -0.15) is 0 Å². The average Bonchev–Trinajstić information content (AvgIpc) is 2.63. The lowest BCUT2D eigenvalue weighted by atomic mass is 10.0. The molecule has 0 fully saturated rings. The van der Waals surface area contributed by atoms with Crippen LogP contribution in [0.5, 0.6) is 11.5 Å². The number of anilines is 1. The predicted molar refractivity (Wildman–Crippen MR) is 94.9 cm³/mol. The number of nitrogens with one attached hydrogen (secondary N) is 1. The van der Waals surface area contributed by atoms with Crippen molar-refractivity contribution in [3.05, 3.63) is 46.1 Å². The molecule has 0 aliphatic carbocycles. The molecule has 0 spiro atoms. The van der Waals surface area contributed by atoms with Crippen LogP contribution >= 0.6 is 11.6 Å². The molecular weight excluding hydrogens is 344 g/mol. The second-order valence-corrected chi connectivity index (χ2v) is 6.16. The largest absolute Gasteiger partial charge is 0.493 e. The Kier molecular flexibility index (Phi) is 4.99. The molecule has 6 nitrogen and oxygen atoms in total. The number of aromatic nitrogens is 1. The fourth-order valence-electron chi connectivity index (χ4n) is 2.84. The second kappa shape index (κ2) is 7.19. The molecule has 7 heteroatoms. The Morgan fingerprint density at radius 2 is 2.20 bits per heavy atom. The summed E-state index contributed by atoms with van der Waals surface area (Å²) in [4.78, 5) is 16.1. The maximum atomic E-state index is 11.7. The number of fused-ring (bicyclic) bond motifs is 1. The van der Waals surface area contributed by atoms with E-state index in [2.05, 4.69) is 10.3 Å². The summed E-state index contributed by atoms with van der Waals surface area (Å²) >= 11 is 6.28. The Labute approximate surface area is 151 Å². The average molecular weight is 363 g/mol. The van der Waals surface area contributed by atoms with Crippen LogP contribution in [0.3, 0.4) is 0 Å². The van der Waals surface area contributed by atoms with Crippen molar-refractivity contribution in [1.82, 2.24) is 4.98 Å². The van der Waals surface area contributed by atoms with Crippen LogP contribution in [0, 0.1) is 6.92 Å². The monoisotopic (exact) mass is 362 g/mol. The van der Waals surface area contributed by atoms with Gasteiger partial charge in [0.2, 0.25) is 0 Å². The molecule has 1 aliphatic rings. The lowest BCUT2D eigenvalue weighted by molar-refractivity contribution is 0.0599. The number of benzene rings is 1. The highest BCUT2D eigenvalue weighted by atomic mass is 35.5. The van der Waals surface area contributed by atoms with Crippen LogP contribution in [-0.4, -0.2) is 37.8 Å². The number of nitrogens with zero attached hydrogens (tertiary/aromatic N) is 1. The summed E-state index contributed by atoms with van der Waals surface area (Å²) in [5, 5.41) is 3.65. The number of ether oxygens (including phenoxy) is 3. The number of halogens is 1. The van der Waals surface area contributed by atoms with E-state index in [-0.39, 0.29) is 6.04 Å². The lowest BCUT2D eigenvalue weighted by Crippen LogP contribution is -2.33. The van der Waals surface area contributed by atoms with Crippen LogP contribution in [0.15, 0.2) is 24.3 Å². The maximum absolute atomic E-state index is 11.7. The Hall–Kier alpha value is -2.47. The normalized spacial score (nSPS) is 15.8. The minimum Gasteiger partial charge on any atom is -0.493 e. The number of methoxy groups -OCH3 is 2. The van der Waals surface area contributed by atoms with Gasteiger partial charge in [-0.3, -0.25) is 0 Å². The number of hydrogen-bond acceptors (Lipinski definition) is 6. The van der Waals surface area contributed by atoms with Gasteiger partial charge in [-0.25, -0.2) is 9.78 Å². The van der Waals surface area contributed by atoms with Gasteiger partial charge in [-0.1, -0.05) is 23.7 Å². The van der Waals surface area contributed by atoms with Gasteiger partial charge < -0.3 is 19.5 Å². The standard InChI is InChI=1S/C18H19ClN2O4/c1-10-13(18(22)24-3)8-14(19)17(20-10)21-12-7-11-5-4-6-15(23-2)16(11)25-9-12/h4-6,8,12H,7,9H2,1-3H3,(H,20,21)/t12-/m0/s1. The summed E-state index contributed by atoms with van der Waals surface area (Å²) in [5.74, 6) is 1.57. The minimum absolute atomic E-state index is 0.00739. The van der Waals surface area contributed by atoms with E-state index in [4.69, 9.17) is 25.8 Å². The summed E-state index contributed by atoms with van der Waals surface area (Å²) in [6.07, 6.45) is 0.752. The third-order valence-electron chi connectivity index (χ3n) is 4.09. The zero-order chi connectivity index (χ0) is 18.0. The number of pyridine rings is 1. The molecule has 1 aromatic carbocycles. The first kappa shape index (κ1) is 17.4.